The highest BCUT2D eigenvalue weighted by Gasteiger charge is 2.34. The summed E-state index contributed by atoms with van der Waals surface area (Å²) in [6.45, 7) is 5.55. The molecular formula is C17H23N. The Balaban J connectivity index is 1.84. The summed E-state index contributed by atoms with van der Waals surface area (Å²) < 4.78 is 0. The fourth-order valence-corrected chi connectivity index (χ4v) is 2.88. The van der Waals surface area contributed by atoms with Crippen molar-refractivity contribution in [3.63, 3.8) is 0 Å². The molecule has 3 rings (SSSR count). The Morgan fingerprint density at radius 2 is 1.83 bits per heavy atom. The quantitative estimate of drug-likeness (QED) is 0.794. The third kappa shape index (κ3) is 2.24. The van der Waals surface area contributed by atoms with Crippen molar-refractivity contribution in [2.75, 3.05) is 6.54 Å². The highest BCUT2D eigenvalue weighted by atomic mass is 15.0. The van der Waals surface area contributed by atoms with Crippen LogP contribution in [0.2, 0.25) is 0 Å². The Morgan fingerprint density at radius 1 is 1.11 bits per heavy atom. The zero-order valence-corrected chi connectivity index (χ0v) is 11.5. The first-order valence-corrected chi connectivity index (χ1v) is 7.16. The first kappa shape index (κ1) is 12.0. The van der Waals surface area contributed by atoms with E-state index >= 15 is 0 Å². The molecule has 0 spiro atoms. The standard InChI is InChI=1S/C17H23N/c1-13-5-6-15(11-14(13)2)17(9-3-4-10-17)12-18-16-7-8-16/h3-6,11,16,18H,7-10,12H2,1-2H3. The van der Waals surface area contributed by atoms with Gasteiger partial charge in [-0.25, -0.2) is 0 Å². The zero-order chi connectivity index (χ0) is 12.6. The number of allylic oxidation sites excluding steroid dienone is 2. The molecule has 1 heteroatoms. The van der Waals surface area contributed by atoms with Gasteiger partial charge in [-0.1, -0.05) is 30.4 Å². The third-order valence-electron chi connectivity index (χ3n) is 4.61. The summed E-state index contributed by atoms with van der Waals surface area (Å²) >= 11 is 0. The van der Waals surface area contributed by atoms with Crippen LogP contribution in [-0.4, -0.2) is 12.6 Å². The van der Waals surface area contributed by atoms with Crippen LogP contribution in [0.5, 0.6) is 0 Å². The second-order valence-electron chi connectivity index (χ2n) is 6.11. The second kappa shape index (κ2) is 4.55. The number of hydrogen-bond acceptors (Lipinski definition) is 1. The van der Waals surface area contributed by atoms with Gasteiger partial charge in [-0.2, -0.15) is 0 Å². The monoisotopic (exact) mass is 241 g/mol. The van der Waals surface area contributed by atoms with E-state index in [2.05, 4.69) is 49.5 Å². The van der Waals surface area contributed by atoms with Gasteiger partial charge >= 0.3 is 0 Å². The predicted molar refractivity (Wildman–Crippen MR) is 77.0 cm³/mol. The Kier molecular flexibility index (Phi) is 3.03. The van der Waals surface area contributed by atoms with Crippen LogP contribution in [0.15, 0.2) is 30.4 Å². The van der Waals surface area contributed by atoms with E-state index in [0.717, 1.165) is 12.6 Å². The molecule has 0 aromatic heterocycles. The zero-order valence-electron chi connectivity index (χ0n) is 11.5. The summed E-state index contributed by atoms with van der Waals surface area (Å²) in [6, 6.07) is 7.82. The number of rotatable bonds is 4. The smallest absolute Gasteiger partial charge is 0.0147 e. The van der Waals surface area contributed by atoms with E-state index in [1.165, 1.54) is 42.4 Å². The SMILES string of the molecule is Cc1ccc(C2(CNC3CC3)CC=CC2)cc1C. The van der Waals surface area contributed by atoms with Crippen molar-refractivity contribution < 1.29 is 0 Å². The normalized spacial score (nSPS) is 21.4. The molecule has 0 atom stereocenters. The minimum atomic E-state index is 0.320. The largest absolute Gasteiger partial charge is 0.313 e. The molecule has 0 radical (unpaired) electrons. The molecule has 0 heterocycles. The maximum atomic E-state index is 3.73. The Bertz CT molecular complexity index is 460. The first-order chi connectivity index (χ1) is 8.70. The van der Waals surface area contributed by atoms with Crippen LogP contribution in [-0.2, 0) is 5.41 Å². The first-order valence-electron chi connectivity index (χ1n) is 7.16. The van der Waals surface area contributed by atoms with Crippen molar-refractivity contribution in [1.29, 1.82) is 0 Å². The van der Waals surface area contributed by atoms with Gasteiger partial charge in [0.05, 0.1) is 0 Å². The fraction of sp³-hybridized carbons (Fsp3) is 0.529. The van der Waals surface area contributed by atoms with Gasteiger partial charge in [0.25, 0.3) is 0 Å². The molecule has 0 unspecified atom stereocenters. The van der Waals surface area contributed by atoms with Crippen LogP contribution in [0.4, 0.5) is 0 Å². The average Bonchev–Trinajstić information content (AvgIpc) is 3.08. The summed E-state index contributed by atoms with van der Waals surface area (Å²) in [5.74, 6) is 0. The molecule has 18 heavy (non-hydrogen) atoms. The predicted octanol–water partition coefficient (Wildman–Crippen LogP) is 3.64. The van der Waals surface area contributed by atoms with Crippen molar-refractivity contribution in [2.45, 2.75) is 51.0 Å². The second-order valence-corrected chi connectivity index (χ2v) is 6.11. The summed E-state index contributed by atoms with van der Waals surface area (Å²) in [5, 5.41) is 3.73. The number of hydrogen-bond donors (Lipinski definition) is 1. The summed E-state index contributed by atoms with van der Waals surface area (Å²) in [6.07, 6.45) is 9.82. The molecule has 0 aliphatic heterocycles. The molecule has 1 nitrogen and oxygen atoms in total. The van der Waals surface area contributed by atoms with E-state index in [1.807, 2.05) is 0 Å². The molecule has 2 aliphatic carbocycles. The van der Waals surface area contributed by atoms with Gasteiger partial charge in [0, 0.05) is 18.0 Å². The molecule has 0 amide bonds. The maximum absolute atomic E-state index is 3.73. The fourth-order valence-electron chi connectivity index (χ4n) is 2.88. The lowest BCUT2D eigenvalue weighted by Gasteiger charge is -2.31. The van der Waals surface area contributed by atoms with E-state index in [1.54, 1.807) is 0 Å². The third-order valence-corrected chi connectivity index (χ3v) is 4.61. The molecule has 1 aromatic carbocycles. The molecule has 1 N–H and O–H groups in total. The van der Waals surface area contributed by atoms with Crippen molar-refractivity contribution in [3.8, 4) is 0 Å². The van der Waals surface area contributed by atoms with Crippen molar-refractivity contribution in [1.82, 2.24) is 5.32 Å². The summed E-state index contributed by atoms with van der Waals surface area (Å²) in [4.78, 5) is 0. The van der Waals surface area contributed by atoms with Crippen LogP contribution in [0.3, 0.4) is 0 Å². The maximum Gasteiger partial charge on any atom is 0.0147 e. The average molecular weight is 241 g/mol. The van der Waals surface area contributed by atoms with Gasteiger partial charge in [-0.05, 0) is 56.2 Å². The molecule has 0 bridgehead atoms. The van der Waals surface area contributed by atoms with Crippen molar-refractivity contribution in [2.24, 2.45) is 0 Å². The van der Waals surface area contributed by atoms with Gasteiger partial charge < -0.3 is 5.32 Å². The van der Waals surface area contributed by atoms with Gasteiger partial charge in [0.2, 0.25) is 0 Å². The van der Waals surface area contributed by atoms with E-state index in [9.17, 15) is 0 Å². The molecule has 1 aromatic rings. The summed E-state index contributed by atoms with van der Waals surface area (Å²) in [5.41, 5.74) is 4.66. The number of nitrogens with one attached hydrogen (secondary N) is 1. The molecule has 1 fully saturated rings. The minimum Gasteiger partial charge on any atom is -0.313 e. The van der Waals surface area contributed by atoms with E-state index in [-0.39, 0.29) is 0 Å². The van der Waals surface area contributed by atoms with Crippen molar-refractivity contribution >= 4 is 0 Å². The highest BCUT2D eigenvalue weighted by molar-refractivity contribution is 5.37. The molecule has 96 valence electrons. The lowest BCUT2D eigenvalue weighted by Crippen LogP contribution is -2.37. The minimum absolute atomic E-state index is 0.320. The van der Waals surface area contributed by atoms with Crippen LogP contribution in [0.1, 0.15) is 42.4 Å². The van der Waals surface area contributed by atoms with Crippen molar-refractivity contribution in [3.05, 3.63) is 47.0 Å². The van der Waals surface area contributed by atoms with Crippen LogP contribution >= 0.6 is 0 Å². The molecule has 1 saturated carbocycles. The Morgan fingerprint density at radius 3 is 2.44 bits per heavy atom. The van der Waals surface area contributed by atoms with Gasteiger partial charge in [-0.15, -0.1) is 0 Å². The van der Waals surface area contributed by atoms with E-state index in [4.69, 9.17) is 0 Å². The molecule has 2 aliphatic rings. The number of benzene rings is 1. The van der Waals surface area contributed by atoms with Gasteiger partial charge in [-0.3, -0.25) is 0 Å². The van der Waals surface area contributed by atoms with Crippen LogP contribution in [0, 0.1) is 13.8 Å². The topological polar surface area (TPSA) is 12.0 Å². The van der Waals surface area contributed by atoms with E-state index in [0.29, 0.717) is 5.41 Å². The van der Waals surface area contributed by atoms with Crippen LogP contribution < -0.4 is 5.32 Å². The summed E-state index contributed by atoms with van der Waals surface area (Å²) in [7, 11) is 0. The lowest BCUT2D eigenvalue weighted by atomic mass is 9.77. The molecular weight excluding hydrogens is 218 g/mol. The van der Waals surface area contributed by atoms with Gasteiger partial charge in [0.15, 0.2) is 0 Å². The Labute approximate surface area is 110 Å². The number of aryl methyl sites for hydroxylation is 2. The highest BCUT2D eigenvalue weighted by Crippen LogP contribution is 2.38. The molecule has 0 saturated heterocycles. The lowest BCUT2D eigenvalue weighted by molar-refractivity contribution is 0.417. The Hall–Kier alpha value is -1.08. The van der Waals surface area contributed by atoms with Crippen LogP contribution in [0.25, 0.3) is 0 Å². The van der Waals surface area contributed by atoms with Gasteiger partial charge in [0.1, 0.15) is 0 Å². The van der Waals surface area contributed by atoms with E-state index < -0.39 is 0 Å².